The molecule has 0 saturated heterocycles. The molecule has 0 aliphatic heterocycles. The smallest absolute Gasteiger partial charge is 0.200 e. The maximum absolute atomic E-state index is 15.3. The number of hydrogen-bond acceptors (Lipinski definition) is 1. The normalized spacial score (nSPS) is 33.4. The molecule has 0 atom stereocenters. The van der Waals surface area contributed by atoms with Crippen molar-refractivity contribution >= 4 is 0 Å². The first-order valence-electron chi connectivity index (χ1n) is 9.81. The van der Waals surface area contributed by atoms with Crippen LogP contribution >= 0.6 is 0 Å². The van der Waals surface area contributed by atoms with Gasteiger partial charge in [-0.3, -0.25) is 0 Å². The Hall–Kier alpha value is -1.19. The van der Waals surface area contributed by atoms with Crippen LogP contribution in [0, 0.1) is 29.4 Å². The molecule has 0 unspecified atom stereocenters. The highest BCUT2D eigenvalue weighted by Gasteiger charge is 2.42. The summed E-state index contributed by atoms with van der Waals surface area (Å²) in [5.41, 5.74) is -2.04. The van der Waals surface area contributed by atoms with Gasteiger partial charge in [0.25, 0.3) is 0 Å². The minimum Gasteiger partial charge on any atom is -0.505 e. The molecule has 0 radical (unpaired) electrons. The van der Waals surface area contributed by atoms with E-state index in [1.54, 1.807) is 0 Å². The molecule has 0 spiro atoms. The summed E-state index contributed by atoms with van der Waals surface area (Å²) in [5.74, 6) is -1.30. The van der Waals surface area contributed by atoms with Crippen molar-refractivity contribution in [3.63, 3.8) is 0 Å². The molecule has 2 fully saturated rings. The topological polar surface area (TPSA) is 20.2 Å². The maximum atomic E-state index is 15.3. The molecule has 1 aromatic rings. The first kappa shape index (κ1) is 18.6. The zero-order valence-corrected chi connectivity index (χ0v) is 15.0. The summed E-state index contributed by atoms with van der Waals surface area (Å²) in [7, 11) is 0. The molecule has 0 bridgehead atoms. The average Bonchev–Trinajstić information content (AvgIpc) is 2.61. The summed E-state index contributed by atoms with van der Waals surface area (Å²) in [4.78, 5) is 0. The lowest BCUT2D eigenvalue weighted by atomic mass is 9.67. The molecule has 25 heavy (non-hydrogen) atoms. The van der Waals surface area contributed by atoms with E-state index in [-0.39, 0.29) is 18.4 Å². The number of rotatable bonds is 4. The van der Waals surface area contributed by atoms with E-state index in [4.69, 9.17) is 0 Å². The van der Waals surface area contributed by atoms with Crippen molar-refractivity contribution in [1.82, 2.24) is 0 Å². The lowest BCUT2D eigenvalue weighted by Crippen LogP contribution is -2.32. The summed E-state index contributed by atoms with van der Waals surface area (Å²) < 4.78 is 43.0. The Labute approximate surface area is 148 Å². The Bertz CT molecular complexity index is 585. The molecule has 1 nitrogen and oxygen atoms in total. The van der Waals surface area contributed by atoms with Crippen molar-refractivity contribution in [3.05, 3.63) is 29.3 Å². The van der Waals surface area contributed by atoms with E-state index in [0.717, 1.165) is 24.8 Å². The molecule has 140 valence electrons. The monoisotopic (exact) mass is 354 g/mol. The van der Waals surface area contributed by atoms with E-state index in [9.17, 15) is 13.9 Å². The van der Waals surface area contributed by atoms with Crippen LogP contribution in [0.25, 0.3) is 0 Å². The van der Waals surface area contributed by atoms with E-state index < -0.39 is 23.1 Å². The summed E-state index contributed by atoms with van der Waals surface area (Å²) in [6, 6.07) is 2.25. The lowest BCUT2D eigenvalue weighted by molar-refractivity contribution is 0.0487. The van der Waals surface area contributed by atoms with Crippen LogP contribution < -0.4 is 0 Å². The lowest BCUT2D eigenvalue weighted by Gasteiger charge is -2.40. The van der Waals surface area contributed by atoms with Gasteiger partial charge < -0.3 is 5.11 Å². The van der Waals surface area contributed by atoms with Crippen molar-refractivity contribution < 1.29 is 18.3 Å². The molecule has 1 N–H and O–H groups in total. The summed E-state index contributed by atoms with van der Waals surface area (Å²) in [6.07, 6.45) is 9.56. The second kappa shape index (κ2) is 7.59. The fraction of sp³-hybridized carbons (Fsp3) is 0.714. The Kier molecular flexibility index (Phi) is 5.65. The van der Waals surface area contributed by atoms with Gasteiger partial charge in [-0.1, -0.05) is 32.6 Å². The van der Waals surface area contributed by atoms with Crippen molar-refractivity contribution in [2.24, 2.45) is 17.8 Å². The predicted octanol–water partition coefficient (Wildman–Crippen LogP) is 6.63. The molecule has 1 aromatic carbocycles. The number of phenolic OH excluding ortho intramolecular Hbond substituents is 1. The molecular formula is C21H29F3O. The second-order valence-electron chi connectivity index (χ2n) is 8.13. The van der Waals surface area contributed by atoms with Crippen molar-refractivity contribution in [1.29, 1.82) is 0 Å². The molecule has 0 aromatic heterocycles. The number of halogens is 3. The van der Waals surface area contributed by atoms with Crippen LogP contribution in [0.15, 0.2) is 12.1 Å². The number of aromatic hydroxyl groups is 1. The quantitative estimate of drug-likeness (QED) is 0.643. The van der Waals surface area contributed by atoms with Gasteiger partial charge in [0, 0.05) is 5.56 Å². The Morgan fingerprint density at radius 1 is 0.960 bits per heavy atom. The number of phenols is 1. The Morgan fingerprint density at radius 2 is 1.56 bits per heavy atom. The van der Waals surface area contributed by atoms with E-state index in [1.165, 1.54) is 44.6 Å². The minimum atomic E-state index is -1.81. The molecular weight excluding hydrogens is 325 g/mol. The molecule has 2 aliphatic rings. The predicted molar refractivity (Wildman–Crippen MR) is 93.1 cm³/mol. The van der Waals surface area contributed by atoms with Gasteiger partial charge in [0.05, 0.1) is 0 Å². The van der Waals surface area contributed by atoms with Crippen molar-refractivity contribution in [2.75, 3.05) is 0 Å². The minimum absolute atomic E-state index is 0.229. The van der Waals surface area contributed by atoms with Crippen molar-refractivity contribution in [3.8, 4) is 5.75 Å². The van der Waals surface area contributed by atoms with Gasteiger partial charge >= 0.3 is 0 Å². The van der Waals surface area contributed by atoms with Crippen LogP contribution in [0.2, 0.25) is 0 Å². The van der Waals surface area contributed by atoms with Gasteiger partial charge in [-0.25, -0.2) is 8.78 Å². The van der Waals surface area contributed by atoms with Gasteiger partial charge in [-0.05, 0) is 68.4 Å². The molecule has 2 aliphatic carbocycles. The van der Waals surface area contributed by atoms with Gasteiger partial charge in [0.1, 0.15) is 5.67 Å². The third kappa shape index (κ3) is 3.83. The van der Waals surface area contributed by atoms with Crippen LogP contribution in [0.5, 0.6) is 5.75 Å². The van der Waals surface area contributed by atoms with E-state index in [0.29, 0.717) is 11.8 Å². The fourth-order valence-electron chi connectivity index (χ4n) is 5.08. The molecule has 2 saturated carbocycles. The highest BCUT2D eigenvalue weighted by molar-refractivity contribution is 5.33. The summed E-state index contributed by atoms with van der Waals surface area (Å²) in [5, 5.41) is 9.24. The average molecular weight is 354 g/mol. The molecule has 0 amide bonds. The molecule has 3 rings (SSSR count). The Morgan fingerprint density at radius 3 is 2.16 bits per heavy atom. The van der Waals surface area contributed by atoms with E-state index in [2.05, 4.69) is 6.92 Å². The largest absolute Gasteiger partial charge is 0.505 e. The van der Waals surface area contributed by atoms with Gasteiger partial charge in [0.2, 0.25) is 5.82 Å². The van der Waals surface area contributed by atoms with Crippen LogP contribution in [-0.4, -0.2) is 5.11 Å². The van der Waals surface area contributed by atoms with Crippen LogP contribution in [0.4, 0.5) is 13.2 Å². The van der Waals surface area contributed by atoms with Gasteiger partial charge in [0.15, 0.2) is 11.6 Å². The van der Waals surface area contributed by atoms with Crippen LogP contribution in [0.3, 0.4) is 0 Å². The molecule has 0 heterocycles. The molecule has 4 heteroatoms. The third-order valence-electron chi connectivity index (χ3n) is 6.62. The summed E-state index contributed by atoms with van der Waals surface area (Å²) in [6.45, 7) is 2.24. The highest BCUT2D eigenvalue weighted by atomic mass is 19.2. The Balaban J connectivity index is 1.61. The first-order valence-corrected chi connectivity index (χ1v) is 9.81. The van der Waals surface area contributed by atoms with E-state index in [1.807, 2.05) is 0 Å². The zero-order valence-electron chi connectivity index (χ0n) is 15.0. The fourth-order valence-corrected chi connectivity index (χ4v) is 5.08. The van der Waals surface area contributed by atoms with Gasteiger partial charge in [-0.15, -0.1) is 0 Å². The van der Waals surface area contributed by atoms with Gasteiger partial charge in [-0.2, -0.15) is 4.39 Å². The second-order valence-corrected chi connectivity index (χ2v) is 8.13. The highest BCUT2D eigenvalue weighted by Crippen LogP contribution is 2.49. The SMILES string of the molecule is CCCC1CCC(C2CCC(F)(c3ccc(O)c(F)c3F)CC2)CC1. The summed E-state index contributed by atoms with van der Waals surface area (Å²) >= 11 is 0. The maximum Gasteiger partial charge on any atom is 0.200 e. The standard InChI is InChI=1S/C21H29F3O/c1-2-3-14-4-6-15(7-5-14)16-10-12-21(24,13-11-16)17-8-9-18(25)20(23)19(17)22/h8-9,14-16,25H,2-7,10-13H2,1H3. The first-order chi connectivity index (χ1) is 11.9. The van der Waals surface area contributed by atoms with Crippen molar-refractivity contribution in [2.45, 2.75) is 76.8 Å². The van der Waals surface area contributed by atoms with Crippen LogP contribution in [-0.2, 0) is 5.67 Å². The van der Waals surface area contributed by atoms with E-state index >= 15 is 4.39 Å². The zero-order chi connectivity index (χ0) is 18.0. The number of alkyl halides is 1. The third-order valence-corrected chi connectivity index (χ3v) is 6.62. The van der Waals surface area contributed by atoms with Crippen LogP contribution in [0.1, 0.15) is 76.7 Å². The number of benzene rings is 1. The number of hydrogen-bond donors (Lipinski definition) is 1.